The standard InChI is InChI=1S/C21H19F3N6/c1-11(15-5-4-6-16(18(15)22)19(23)24)27-21-17-7-13(14-9-26-30(3)10-14)8-25-20(17)28-12(2)29-21/h4-11,19H,1-3H3,(H,25,27,28,29)/t11-/m1/s1. The molecule has 6 nitrogen and oxygen atoms in total. The van der Waals surface area contributed by atoms with Crippen LogP contribution in [-0.4, -0.2) is 24.7 Å². The average Bonchev–Trinajstić information content (AvgIpc) is 3.13. The number of fused-ring (bicyclic) bond motifs is 1. The van der Waals surface area contributed by atoms with Gasteiger partial charge in [-0.3, -0.25) is 4.68 Å². The van der Waals surface area contributed by atoms with E-state index in [1.165, 1.54) is 12.1 Å². The Labute approximate surface area is 170 Å². The molecule has 3 heterocycles. The van der Waals surface area contributed by atoms with Gasteiger partial charge in [-0.05, 0) is 19.9 Å². The molecule has 0 unspecified atom stereocenters. The number of nitrogens with zero attached hydrogens (tertiary/aromatic N) is 5. The molecule has 3 aromatic heterocycles. The Kier molecular flexibility index (Phi) is 5.11. The Morgan fingerprint density at radius 2 is 1.83 bits per heavy atom. The summed E-state index contributed by atoms with van der Waals surface area (Å²) in [5, 5.41) is 7.94. The lowest BCUT2D eigenvalue weighted by molar-refractivity contribution is 0.146. The van der Waals surface area contributed by atoms with Gasteiger partial charge in [0, 0.05) is 36.1 Å². The van der Waals surface area contributed by atoms with Gasteiger partial charge in [0.25, 0.3) is 6.43 Å². The molecule has 0 amide bonds. The Bertz CT molecular complexity index is 1220. The number of benzene rings is 1. The highest BCUT2D eigenvalue weighted by Gasteiger charge is 2.20. The predicted octanol–water partition coefficient (Wildman–Crippen LogP) is 4.98. The molecule has 0 aliphatic carbocycles. The van der Waals surface area contributed by atoms with Gasteiger partial charge in [-0.1, -0.05) is 18.2 Å². The molecule has 4 rings (SSSR count). The molecule has 1 aromatic carbocycles. The highest BCUT2D eigenvalue weighted by atomic mass is 19.3. The molecule has 30 heavy (non-hydrogen) atoms. The van der Waals surface area contributed by atoms with E-state index in [4.69, 9.17) is 0 Å². The van der Waals surface area contributed by atoms with Gasteiger partial charge >= 0.3 is 0 Å². The normalized spacial score (nSPS) is 12.5. The maximum Gasteiger partial charge on any atom is 0.266 e. The monoisotopic (exact) mass is 412 g/mol. The molecule has 0 aliphatic heterocycles. The van der Waals surface area contributed by atoms with Gasteiger partial charge in [0.2, 0.25) is 0 Å². The smallest absolute Gasteiger partial charge is 0.266 e. The molecule has 0 fully saturated rings. The summed E-state index contributed by atoms with van der Waals surface area (Å²) < 4.78 is 42.4. The number of hydrogen-bond donors (Lipinski definition) is 1. The number of nitrogens with one attached hydrogen (secondary N) is 1. The first kappa shape index (κ1) is 19.8. The molecule has 0 saturated carbocycles. The van der Waals surface area contributed by atoms with Crippen molar-refractivity contribution in [3.63, 3.8) is 0 Å². The SMILES string of the molecule is Cc1nc(N[C@H](C)c2cccc(C(F)F)c2F)c2cc(-c3cnn(C)c3)cnc2n1. The minimum Gasteiger partial charge on any atom is -0.363 e. The highest BCUT2D eigenvalue weighted by Crippen LogP contribution is 2.31. The summed E-state index contributed by atoms with van der Waals surface area (Å²) in [5.41, 5.74) is 1.69. The molecule has 1 N–H and O–H groups in total. The van der Waals surface area contributed by atoms with Crippen molar-refractivity contribution >= 4 is 16.9 Å². The van der Waals surface area contributed by atoms with E-state index in [1.807, 2.05) is 19.3 Å². The number of halogens is 3. The first-order chi connectivity index (χ1) is 14.3. The summed E-state index contributed by atoms with van der Waals surface area (Å²) >= 11 is 0. The van der Waals surface area contributed by atoms with E-state index in [1.54, 1.807) is 30.9 Å². The zero-order valence-corrected chi connectivity index (χ0v) is 16.6. The van der Waals surface area contributed by atoms with Crippen LogP contribution in [0.1, 0.15) is 36.3 Å². The zero-order valence-electron chi connectivity index (χ0n) is 16.6. The average molecular weight is 412 g/mol. The fourth-order valence-corrected chi connectivity index (χ4v) is 3.31. The molecule has 1 atom stereocenters. The maximum absolute atomic E-state index is 14.6. The number of rotatable bonds is 5. The Morgan fingerprint density at radius 3 is 2.53 bits per heavy atom. The van der Waals surface area contributed by atoms with Crippen molar-refractivity contribution in [1.82, 2.24) is 24.7 Å². The van der Waals surface area contributed by atoms with Crippen molar-refractivity contribution in [3.8, 4) is 11.1 Å². The van der Waals surface area contributed by atoms with Crippen LogP contribution in [0.3, 0.4) is 0 Å². The van der Waals surface area contributed by atoms with Gasteiger partial charge in [0.05, 0.1) is 23.2 Å². The molecular formula is C21H19F3N6. The molecule has 0 spiro atoms. The number of aromatic nitrogens is 5. The van der Waals surface area contributed by atoms with Crippen molar-refractivity contribution in [2.75, 3.05) is 5.32 Å². The first-order valence-electron chi connectivity index (χ1n) is 9.30. The van der Waals surface area contributed by atoms with Crippen LogP contribution in [-0.2, 0) is 7.05 Å². The van der Waals surface area contributed by atoms with Crippen molar-refractivity contribution < 1.29 is 13.2 Å². The maximum atomic E-state index is 14.6. The third-order valence-corrected chi connectivity index (χ3v) is 4.81. The van der Waals surface area contributed by atoms with E-state index < -0.39 is 23.8 Å². The molecule has 0 bridgehead atoms. The van der Waals surface area contributed by atoms with Crippen molar-refractivity contribution in [3.05, 3.63) is 65.6 Å². The Balaban J connectivity index is 1.75. The first-order valence-corrected chi connectivity index (χ1v) is 9.30. The topological polar surface area (TPSA) is 68.5 Å². The van der Waals surface area contributed by atoms with Crippen LogP contribution in [0.2, 0.25) is 0 Å². The van der Waals surface area contributed by atoms with Crippen LogP contribution >= 0.6 is 0 Å². The van der Waals surface area contributed by atoms with Gasteiger partial charge in [-0.2, -0.15) is 5.10 Å². The zero-order chi connectivity index (χ0) is 21.4. The summed E-state index contributed by atoms with van der Waals surface area (Å²) in [4.78, 5) is 13.2. The van der Waals surface area contributed by atoms with Crippen LogP contribution in [0, 0.1) is 12.7 Å². The number of pyridine rings is 1. The Morgan fingerprint density at radius 1 is 1.07 bits per heavy atom. The molecule has 154 valence electrons. The largest absolute Gasteiger partial charge is 0.363 e. The van der Waals surface area contributed by atoms with Crippen LogP contribution < -0.4 is 5.32 Å². The quantitative estimate of drug-likeness (QED) is 0.501. The molecule has 0 saturated heterocycles. The van der Waals surface area contributed by atoms with Gasteiger partial charge in [0.1, 0.15) is 17.5 Å². The third kappa shape index (κ3) is 3.70. The number of hydrogen-bond acceptors (Lipinski definition) is 5. The van der Waals surface area contributed by atoms with Crippen LogP contribution in [0.25, 0.3) is 22.2 Å². The van der Waals surface area contributed by atoms with Gasteiger partial charge in [0.15, 0.2) is 5.65 Å². The van der Waals surface area contributed by atoms with Crippen LogP contribution in [0.5, 0.6) is 0 Å². The second kappa shape index (κ2) is 7.74. The fraction of sp³-hybridized carbons (Fsp3) is 0.238. The second-order valence-electron chi connectivity index (χ2n) is 7.03. The Hall–Kier alpha value is -3.49. The number of aryl methyl sites for hydroxylation is 2. The van der Waals surface area contributed by atoms with Crippen molar-refractivity contribution in [2.24, 2.45) is 7.05 Å². The molecule has 0 radical (unpaired) electrons. The van der Waals surface area contributed by atoms with E-state index in [-0.39, 0.29) is 5.56 Å². The van der Waals surface area contributed by atoms with Gasteiger partial charge in [-0.15, -0.1) is 0 Å². The summed E-state index contributed by atoms with van der Waals surface area (Å²) in [6, 6.07) is 5.26. The molecule has 9 heteroatoms. The van der Waals surface area contributed by atoms with Crippen molar-refractivity contribution in [2.45, 2.75) is 26.3 Å². The minimum absolute atomic E-state index is 0.133. The molecule has 0 aliphatic rings. The summed E-state index contributed by atoms with van der Waals surface area (Å²) in [6.45, 7) is 3.42. The van der Waals surface area contributed by atoms with E-state index in [0.717, 1.165) is 17.2 Å². The lowest BCUT2D eigenvalue weighted by atomic mass is 10.0. The molecule has 4 aromatic rings. The highest BCUT2D eigenvalue weighted by molar-refractivity contribution is 5.90. The van der Waals surface area contributed by atoms with E-state index in [0.29, 0.717) is 22.7 Å². The van der Waals surface area contributed by atoms with E-state index >= 15 is 0 Å². The fourth-order valence-electron chi connectivity index (χ4n) is 3.31. The van der Waals surface area contributed by atoms with E-state index in [2.05, 4.69) is 25.4 Å². The lowest BCUT2D eigenvalue weighted by Gasteiger charge is -2.18. The number of alkyl halides is 2. The lowest BCUT2D eigenvalue weighted by Crippen LogP contribution is -2.12. The summed E-state index contributed by atoms with van der Waals surface area (Å²) in [7, 11) is 1.82. The predicted molar refractivity (Wildman–Crippen MR) is 108 cm³/mol. The molecular weight excluding hydrogens is 393 g/mol. The van der Waals surface area contributed by atoms with Crippen LogP contribution in [0.15, 0.2) is 42.9 Å². The third-order valence-electron chi connectivity index (χ3n) is 4.81. The van der Waals surface area contributed by atoms with Crippen molar-refractivity contribution in [1.29, 1.82) is 0 Å². The second-order valence-corrected chi connectivity index (χ2v) is 7.03. The van der Waals surface area contributed by atoms with Gasteiger partial charge < -0.3 is 5.32 Å². The van der Waals surface area contributed by atoms with Gasteiger partial charge in [-0.25, -0.2) is 28.1 Å². The minimum atomic E-state index is -2.88. The van der Waals surface area contributed by atoms with Crippen LogP contribution in [0.4, 0.5) is 19.0 Å². The number of anilines is 1. The summed E-state index contributed by atoms with van der Waals surface area (Å²) in [6.07, 6.45) is 2.40. The summed E-state index contributed by atoms with van der Waals surface area (Å²) in [5.74, 6) is 0.0162. The van der Waals surface area contributed by atoms with E-state index in [9.17, 15) is 13.2 Å².